The van der Waals surface area contributed by atoms with Crippen molar-refractivity contribution in [1.82, 2.24) is 14.9 Å². The van der Waals surface area contributed by atoms with E-state index in [0.29, 0.717) is 34.4 Å². The van der Waals surface area contributed by atoms with Gasteiger partial charge in [-0.15, -0.1) is 11.3 Å². The summed E-state index contributed by atoms with van der Waals surface area (Å²) in [5.74, 6) is 3.23. The Bertz CT molecular complexity index is 1280. The van der Waals surface area contributed by atoms with Crippen LogP contribution in [0.15, 0.2) is 18.5 Å². The van der Waals surface area contributed by atoms with Crippen LogP contribution in [0.4, 0.5) is 17.2 Å². The van der Waals surface area contributed by atoms with Crippen molar-refractivity contribution in [3.8, 4) is 5.75 Å². The van der Waals surface area contributed by atoms with E-state index in [4.69, 9.17) is 15.9 Å². The lowest BCUT2D eigenvalue weighted by Crippen LogP contribution is -2.37. The Morgan fingerprint density at radius 1 is 1.33 bits per heavy atom. The molecule has 3 heterocycles. The van der Waals surface area contributed by atoms with Crippen molar-refractivity contribution in [2.75, 3.05) is 31.2 Å². The van der Waals surface area contributed by atoms with E-state index in [1.165, 1.54) is 23.1 Å². The number of hydrogen-bond donors (Lipinski definition) is 3. The van der Waals surface area contributed by atoms with E-state index in [2.05, 4.69) is 20.2 Å². The summed E-state index contributed by atoms with van der Waals surface area (Å²) in [6.45, 7) is 1.92. The second-order valence-electron chi connectivity index (χ2n) is 9.30. The predicted octanol–water partition coefficient (Wildman–Crippen LogP) is 3.61. The van der Waals surface area contributed by atoms with Crippen LogP contribution >= 0.6 is 11.3 Å². The number of carbonyl (C=O) groups is 1. The molecule has 2 aliphatic carbocycles. The van der Waals surface area contributed by atoms with E-state index in [1.54, 1.807) is 36.9 Å². The van der Waals surface area contributed by atoms with Crippen LogP contribution in [-0.4, -0.2) is 47.2 Å². The Morgan fingerprint density at radius 2 is 2.15 bits per heavy atom. The maximum Gasteiger partial charge on any atom is 0.226 e. The number of nitrogens with one attached hydrogen (secondary N) is 2. The van der Waals surface area contributed by atoms with Gasteiger partial charge in [0, 0.05) is 47.4 Å². The van der Waals surface area contributed by atoms with Gasteiger partial charge in [0.15, 0.2) is 0 Å². The lowest BCUT2D eigenvalue weighted by molar-refractivity contribution is -0.135. The van der Waals surface area contributed by atoms with Crippen LogP contribution in [-0.2, 0) is 17.6 Å². The van der Waals surface area contributed by atoms with Crippen molar-refractivity contribution >= 4 is 50.9 Å². The van der Waals surface area contributed by atoms with Crippen LogP contribution in [0.25, 0.3) is 10.2 Å². The average molecular weight is 463 g/mol. The highest BCUT2D eigenvalue weighted by Crippen LogP contribution is 2.46. The number of aryl methyl sites for hydroxylation is 1. The van der Waals surface area contributed by atoms with Crippen molar-refractivity contribution in [2.45, 2.75) is 25.7 Å². The predicted molar refractivity (Wildman–Crippen MR) is 130 cm³/mol. The van der Waals surface area contributed by atoms with Crippen molar-refractivity contribution in [3.05, 3.63) is 34.5 Å². The number of piperidine rings is 1. The SMILES string of the molecule is COc1cc(N)c(C=N)cc1Nc1ncnc2sc3c(c12)CC[C@H](C(=O)N1CC2CC2C1)C3. The number of likely N-dealkylation sites (tertiary alicyclic amines) is 1. The second-order valence-corrected chi connectivity index (χ2v) is 10.4. The van der Waals surface area contributed by atoms with Gasteiger partial charge in [-0.25, -0.2) is 9.97 Å². The molecule has 0 bridgehead atoms. The standard InChI is InChI=1S/C24H26N6O2S/c1-32-19-7-17(26)13(8-25)5-18(19)29-22-21-16-3-2-12(6-20(16)33-23(21)28-11-27-22)24(31)30-9-14-4-15(14)10-30/h5,7-8,11-12,14-15,25H,2-4,6,9-10,26H2,1H3,(H,27,28,29)/t12-,14?,15?/m0/s1. The third-order valence-corrected chi connectivity index (χ3v) is 8.46. The zero-order valence-electron chi connectivity index (χ0n) is 18.4. The van der Waals surface area contributed by atoms with Gasteiger partial charge >= 0.3 is 0 Å². The first-order valence-corrected chi connectivity index (χ1v) is 12.2. The van der Waals surface area contributed by atoms with Gasteiger partial charge in [-0.1, -0.05) is 0 Å². The molecule has 1 amide bonds. The molecular formula is C24H26N6O2S. The van der Waals surface area contributed by atoms with Gasteiger partial charge in [0.2, 0.25) is 5.91 Å². The molecule has 8 nitrogen and oxygen atoms in total. The summed E-state index contributed by atoms with van der Waals surface area (Å²) in [5, 5.41) is 12.0. The van der Waals surface area contributed by atoms with Crippen molar-refractivity contribution in [1.29, 1.82) is 5.41 Å². The maximum absolute atomic E-state index is 13.1. The molecule has 2 aromatic heterocycles. The molecule has 2 fully saturated rings. The van der Waals surface area contributed by atoms with Crippen LogP contribution in [0.1, 0.15) is 28.8 Å². The molecular weight excluding hydrogens is 436 g/mol. The summed E-state index contributed by atoms with van der Waals surface area (Å²) in [4.78, 5) is 26.4. The van der Waals surface area contributed by atoms with E-state index in [0.717, 1.165) is 54.4 Å². The van der Waals surface area contributed by atoms with Gasteiger partial charge in [0.1, 0.15) is 22.7 Å². The minimum Gasteiger partial charge on any atom is -0.494 e. The number of anilines is 3. The molecule has 9 heteroatoms. The molecule has 170 valence electrons. The largest absolute Gasteiger partial charge is 0.494 e. The normalized spacial score (nSPS) is 23.2. The summed E-state index contributed by atoms with van der Waals surface area (Å²) in [5.41, 5.74) is 9.05. The number of benzene rings is 1. The first-order chi connectivity index (χ1) is 16.1. The minimum atomic E-state index is 0.0692. The second kappa shape index (κ2) is 7.69. The molecule has 6 rings (SSSR count). The highest BCUT2D eigenvalue weighted by atomic mass is 32.1. The van der Waals surface area contributed by atoms with Crippen LogP contribution in [0.2, 0.25) is 0 Å². The summed E-state index contributed by atoms with van der Waals surface area (Å²) in [6.07, 6.45) is 6.59. The third kappa shape index (κ3) is 3.42. The minimum absolute atomic E-state index is 0.0692. The number of amides is 1. The van der Waals surface area contributed by atoms with E-state index < -0.39 is 0 Å². The third-order valence-electron chi connectivity index (χ3n) is 7.30. The van der Waals surface area contributed by atoms with E-state index in [9.17, 15) is 4.79 Å². The van der Waals surface area contributed by atoms with Gasteiger partial charge in [-0.05, 0) is 49.1 Å². The summed E-state index contributed by atoms with van der Waals surface area (Å²) in [7, 11) is 1.59. The number of fused-ring (bicyclic) bond motifs is 4. The zero-order chi connectivity index (χ0) is 22.7. The number of ether oxygens (including phenoxy) is 1. The van der Waals surface area contributed by atoms with Crippen LogP contribution < -0.4 is 15.8 Å². The molecule has 33 heavy (non-hydrogen) atoms. The number of nitrogen functional groups attached to an aromatic ring is 1. The number of carbonyl (C=O) groups excluding carboxylic acids is 1. The summed E-state index contributed by atoms with van der Waals surface area (Å²) < 4.78 is 5.50. The molecule has 1 saturated carbocycles. The van der Waals surface area contributed by atoms with Gasteiger partial charge in [-0.3, -0.25) is 4.79 Å². The number of nitrogens with zero attached hydrogens (tertiary/aromatic N) is 3. The monoisotopic (exact) mass is 462 g/mol. The molecule has 3 aliphatic rings. The first-order valence-electron chi connectivity index (χ1n) is 11.3. The Morgan fingerprint density at radius 3 is 2.91 bits per heavy atom. The number of thiophene rings is 1. The summed E-state index contributed by atoms with van der Waals surface area (Å²) in [6, 6.07) is 3.51. The van der Waals surface area contributed by atoms with E-state index in [1.807, 2.05) is 0 Å². The molecule has 3 aromatic rings. The van der Waals surface area contributed by atoms with E-state index in [-0.39, 0.29) is 5.92 Å². The van der Waals surface area contributed by atoms with Crippen LogP contribution in [0.3, 0.4) is 0 Å². The smallest absolute Gasteiger partial charge is 0.226 e. The lowest BCUT2D eigenvalue weighted by atomic mass is 9.87. The Hall–Kier alpha value is -3.20. The molecule has 4 N–H and O–H groups in total. The Labute approximate surface area is 195 Å². The van der Waals surface area contributed by atoms with Gasteiger partial charge < -0.3 is 26.1 Å². The highest BCUT2D eigenvalue weighted by molar-refractivity contribution is 7.19. The number of aromatic nitrogens is 2. The average Bonchev–Trinajstić information content (AvgIpc) is 3.26. The van der Waals surface area contributed by atoms with Crippen LogP contribution in [0.5, 0.6) is 5.75 Å². The first kappa shape index (κ1) is 20.4. The topological polar surface area (TPSA) is 117 Å². The fourth-order valence-corrected chi connectivity index (χ4v) is 6.65. The molecule has 1 aromatic carbocycles. The van der Waals surface area contributed by atoms with E-state index >= 15 is 0 Å². The molecule has 3 atom stereocenters. The lowest BCUT2D eigenvalue weighted by Gasteiger charge is -2.27. The maximum atomic E-state index is 13.1. The van der Waals surface area contributed by atoms with Gasteiger partial charge in [0.25, 0.3) is 0 Å². The number of rotatable bonds is 5. The Balaban J connectivity index is 1.31. The molecule has 2 unspecified atom stereocenters. The fraction of sp³-hybridized carbons (Fsp3) is 0.417. The summed E-state index contributed by atoms with van der Waals surface area (Å²) >= 11 is 1.67. The molecule has 1 saturated heterocycles. The highest BCUT2D eigenvalue weighted by Gasteiger charge is 2.47. The van der Waals surface area contributed by atoms with Crippen molar-refractivity contribution < 1.29 is 9.53 Å². The number of hydrogen-bond acceptors (Lipinski definition) is 8. The van der Waals surface area contributed by atoms with Crippen LogP contribution in [0, 0.1) is 23.2 Å². The molecule has 0 radical (unpaired) electrons. The fourth-order valence-electron chi connectivity index (χ4n) is 5.38. The zero-order valence-corrected chi connectivity index (χ0v) is 19.2. The molecule has 1 aliphatic heterocycles. The van der Waals surface area contributed by atoms with Crippen molar-refractivity contribution in [3.63, 3.8) is 0 Å². The van der Waals surface area contributed by atoms with Gasteiger partial charge in [0.05, 0.1) is 18.2 Å². The molecule has 0 spiro atoms. The van der Waals surface area contributed by atoms with Gasteiger partial charge in [-0.2, -0.15) is 0 Å². The number of nitrogens with two attached hydrogens (primary N) is 1. The Kier molecular flexibility index (Phi) is 4.76. The van der Waals surface area contributed by atoms with Crippen molar-refractivity contribution in [2.24, 2.45) is 17.8 Å². The number of methoxy groups -OCH3 is 1. The quantitative estimate of drug-likeness (QED) is 0.394.